The molecule has 2 atom stereocenters. The van der Waals surface area contributed by atoms with Crippen molar-refractivity contribution in [3.63, 3.8) is 0 Å². The first-order valence-electron chi connectivity index (χ1n) is 5.20. The molecule has 0 bridgehead atoms. The number of hydrogen-bond donors (Lipinski definition) is 1. The highest BCUT2D eigenvalue weighted by molar-refractivity contribution is 7.91. The van der Waals surface area contributed by atoms with Gasteiger partial charge in [0.1, 0.15) is 5.76 Å². The van der Waals surface area contributed by atoms with Gasteiger partial charge in [0.25, 0.3) is 0 Å². The van der Waals surface area contributed by atoms with Crippen molar-refractivity contribution < 1.29 is 12.9 Å². The summed E-state index contributed by atoms with van der Waals surface area (Å²) >= 11 is 5.20. The van der Waals surface area contributed by atoms with Crippen LogP contribution in [0, 0.1) is 6.92 Å². The summed E-state index contributed by atoms with van der Waals surface area (Å²) in [5, 5.41) is 7.43. The molecular weight excluding hydrogens is 262 g/mol. The van der Waals surface area contributed by atoms with Crippen molar-refractivity contribution in [3.8, 4) is 0 Å². The minimum atomic E-state index is -2.99. The van der Waals surface area contributed by atoms with Gasteiger partial charge in [0.15, 0.2) is 20.8 Å². The number of aromatic nitrogens is 1. The Morgan fingerprint density at radius 2 is 2.35 bits per heavy atom. The average Bonchev–Trinajstić information content (AvgIpc) is 2.78. The molecule has 1 aromatic heterocycles. The number of hydrogen-bond acceptors (Lipinski definition) is 5. The molecule has 2 saturated heterocycles. The highest BCUT2D eigenvalue weighted by atomic mass is 32.2. The van der Waals surface area contributed by atoms with E-state index in [9.17, 15) is 8.42 Å². The van der Waals surface area contributed by atoms with Gasteiger partial charge in [-0.05, 0) is 19.1 Å². The lowest BCUT2D eigenvalue weighted by Crippen LogP contribution is -2.37. The zero-order valence-electron chi connectivity index (χ0n) is 9.08. The predicted octanol–water partition coefficient (Wildman–Crippen LogP) is -0.157. The Morgan fingerprint density at radius 1 is 1.59 bits per heavy atom. The number of thiocarbonyl (C=S) groups is 1. The van der Waals surface area contributed by atoms with Crippen molar-refractivity contribution in [2.24, 2.45) is 0 Å². The van der Waals surface area contributed by atoms with E-state index in [0.29, 0.717) is 16.7 Å². The molecule has 2 fully saturated rings. The molecule has 17 heavy (non-hydrogen) atoms. The zero-order chi connectivity index (χ0) is 12.2. The van der Waals surface area contributed by atoms with E-state index in [1.165, 1.54) is 0 Å². The third kappa shape index (κ3) is 1.71. The van der Waals surface area contributed by atoms with E-state index in [4.69, 9.17) is 16.7 Å². The summed E-state index contributed by atoms with van der Waals surface area (Å²) in [6.45, 7) is 1.78. The molecule has 0 aliphatic carbocycles. The van der Waals surface area contributed by atoms with Crippen molar-refractivity contribution in [1.82, 2.24) is 10.5 Å². The largest absolute Gasteiger partial charge is 0.360 e. The average molecular weight is 273 g/mol. The van der Waals surface area contributed by atoms with E-state index in [0.717, 1.165) is 0 Å². The molecule has 3 heterocycles. The van der Waals surface area contributed by atoms with Crippen LogP contribution in [0.3, 0.4) is 0 Å². The van der Waals surface area contributed by atoms with Gasteiger partial charge in [0.2, 0.25) is 0 Å². The van der Waals surface area contributed by atoms with Crippen LogP contribution in [0.1, 0.15) is 5.76 Å². The Morgan fingerprint density at radius 3 is 3.00 bits per heavy atom. The molecule has 2 aliphatic rings. The molecule has 0 amide bonds. The Hall–Kier alpha value is -1.15. The molecule has 1 aromatic rings. The van der Waals surface area contributed by atoms with Crippen LogP contribution in [-0.4, -0.2) is 42.3 Å². The molecule has 2 aliphatic heterocycles. The van der Waals surface area contributed by atoms with Crippen LogP contribution >= 0.6 is 12.2 Å². The second-order valence-electron chi connectivity index (χ2n) is 4.37. The maximum absolute atomic E-state index is 11.6. The van der Waals surface area contributed by atoms with Crippen molar-refractivity contribution in [2.45, 2.75) is 19.0 Å². The second kappa shape index (κ2) is 3.42. The van der Waals surface area contributed by atoms with Gasteiger partial charge in [-0.15, -0.1) is 0 Å². The predicted molar refractivity (Wildman–Crippen MR) is 65.7 cm³/mol. The Labute approximate surface area is 104 Å². The van der Waals surface area contributed by atoms with Crippen molar-refractivity contribution in [1.29, 1.82) is 0 Å². The van der Waals surface area contributed by atoms with Crippen LogP contribution in [0.5, 0.6) is 0 Å². The van der Waals surface area contributed by atoms with E-state index in [2.05, 4.69) is 10.5 Å². The Kier molecular flexibility index (Phi) is 2.21. The highest BCUT2D eigenvalue weighted by Gasteiger charge is 2.48. The van der Waals surface area contributed by atoms with Crippen molar-refractivity contribution in [3.05, 3.63) is 11.8 Å². The standard InChI is InChI=1S/C9H11N3O3S2/c1-5-2-8(11-15-5)12-7-4-17(13,14)3-6(7)10-9(12)16/h2,6-7H,3-4H2,1H3,(H,10,16)/t6-,7-/m1/s1. The van der Waals surface area contributed by atoms with E-state index in [1.807, 2.05) is 0 Å². The summed E-state index contributed by atoms with van der Waals surface area (Å²) < 4.78 is 28.2. The first-order chi connectivity index (χ1) is 7.96. The molecule has 6 nitrogen and oxygen atoms in total. The highest BCUT2D eigenvalue weighted by Crippen LogP contribution is 2.29. The number of nitrogens with one attached hydrogen (secondary N) is 1. The third-order valence-electron chi connectivity index (χ3n) is 3.04. The van der Waals surface area contributed by atoms with Gasteiger partial charge in [0, 0.05) is 6.07 Å². The second-order valence-corrected chi connectivity index (χ2v) is 6.91. The number of rotatable bonds is 1. The summed E-state index contributed by atoms with van der Waals surface area (Å²) in [6, 6.07) is 1.45. The van der Waals surface area contributed by atoms with E-state index in [1.54, 1.807) is 17.9 Å². The zero-order valence-corrected chi connectivity index (χ0v) is 10.7. The van der Waals surface area contributed by atoms with Crippen LogP contribution in [-0.2, 0) is 9.84 Å². The monoisotopic (exact) mass is 273 g/mol. The van der Waals surface area contributed by atoms with Crippen LogP contribution in [0.25, 0.3) is 0 Å². The van der Waals surface area contributed by atoms with Gasteiger partial charge in [-0.2, -0.15) is 0 Å². The van der Waals surface area contributed by atoms with Gasteiger partial charge >= 0.3 is 0 Å². The molecule has 1 N–H and O–H groups in total. The Balaban J connectivity index is 1.97. The number of aryl methyl sites for hydroxylation is 1. The van der Waals surface area contributed by atoms with Crippen LogP contribution in [0.4, 0.5) is 5.82 Å². The number of sulfone groups is 1. The molecule has 0 radical (unpaired) electrons. The van der Waals surface area contributed by atoms with E-state index < -0.39 is 9.84 Å². The minimum absolute atomic E-state index is 0.108. The third-order valence-corrected chi connectivity index (χ3v) is 5.08. The molecular formula is C9H11N3O3S2. The van der Waals surface area contributed by atoms with Gasteiger partial charge in [-0.3, -0.25) is 4.90 Å². The van der Waals surface area contributed by atoms with Gasteiger partial charge in [-0.1, -0.05) is 5.16 Å². The number of fused-ring (bicyclic) bond motifs is 1. The summed E-state index contributed by atoms with van der Waals surface area (Å²) in [7, 11) is -2.99. The summed E-state index contributed by atoms with van der Waals surface area (Å²) in [5.41, 5.74) is 0. The molecule has 0 unspecified atom stereocenters. The minimum Gasteiger partial charge on any atom is -0.360 e. The smallest absolute Gasteiger partial charge is 0.178 e. The van der Waals surface area contributed by atoms with Gasteiger partial charge < -0.3 is 9.84 Å². The lowest BCUT2D eigenvalue weighted by molar-refractivity contribution is 0.397. The molecule has 0 spiro atoms. The molecule has 0 aromatic carbocycles. The fraction of sp³-hybridized carbons (Fsp3) is 0.556. The van der Waals surface area contributed by atoms with E-state index in [-0.39, 0.29) is 23.6 Å². The van der Waals surface area contributed by atoms with Crippen LogP contribution in [0.15, 0.2) is 10.6 Å². The van der Waals surface area contributed by atoms with Crippen LogP contribution in [0.2, 0.25) is 0 Å². The first-order valence-corrected chi connectivity index (χ1v) is 7.43. The maximum atomic E-state index is 11.6. The number of anilines is 1. The lowest BCUT2D eigenvalue weighted by atomic mass is 10.2. The summed E-state index contributed by atoms with van der Waals surface area (Å²) in [4.78, 5) is 1.74. The quantitative estimate of drug-likeness (QED) is 0.713. The number of nitrogens with zero attached hydrogens (tertiary/aromatic N) is 2. The van der Waals surface area contributed by atoms with Crippen LogP contribution < -0.4 is 10.2 Å². The van der Waals surface area contributed by atoms with Crippen molar-refractivity contribution in [2.75, 3.05) is 16.4 Å². The van der Waals surface area contributed by atoms with Gasteiger partial charge in [-0.25, -0.2) is 8.42 Å². The first kappa shape index (κ1) is 11.0. The fourth-order valence-electron chi connectivity index (χ4n) is 2.34. The SMILES string of the molecule is Cc1cc(N2C(=S)N[C@@H]3CS(=O)(=O)C[C@H]32)no1. The van der Waals surface area contributed by atoms with Crippen molar-refractivity contribution >= 4 is 33.0 Å². The Bertz CT molecular complexity index is 580. The summed E-state index contributed by atoms with van der Waals surface area (Å²) in [6.07, 6.45) is 0. The molecule has 8 heteroatoms. The fourth-order valence-corrected chi connectivity index (χ4v) is 4.61. The molecule has 0 saturated carbocycles. The van der Waals surface area contributed by atoms with E-state index >= 15 is 0 Å². The van der Waals surface area contributed by atoms with Gasteiger partial charge in [0.05, 0.1) is 23.6 Å². The molecule has 92 valence electrons. The normalized spacial score (nSPS) is 30.4. The lowest BCUT2D eigenvalue weighted by Gasteiger charge is -2.19. The maximum Gasteiger partial charge on any atom is 0.178 e. The summed E-state index contributed by atoms with van der Waals surface area (Å²) in [5.74, 6) is 1.48. The molecule has 3 rings (SSSR count). The topological polar surface area (TPSA) is 75.4 Å².